The number of hydrogen-bond acceptors (Lipinski definition) is 4. The largest absolute Gasteiger partial charge is 0.378 e. The highest BCUT2D eigenvalue weighted by atomic mass is 32.1. The zero-order valence-electron chi connectivity index (χ0n) is 9.11. The summed E-state index contributed by atoms with van der Waals surface area (Å²) in [5.41, 5.74) is 3.26. The van der Waals surface area contributed by atoms with Crippen LogP contribution in [0, 0.1) is 11.6 Å². The monoisotopic (exact) mass is 252 g/mol. The molecule has 0 amide bonds. The molecule has 0 unspecified atom stereocenters. The van der Waals surface area contributed by atoms with Crippen LogP contribution in [0.1, 0.15) is 11.3 Å². The maximum Gasteiger partial charge on any atom is 0.140 e. The molecule has 2 heterocycles. The highest BCUT2D eigenvalue weighted by Gasteiger charge is 2.06. The van der Waals surface area contributed by atoms with Crippen molar-refractivity contribution in [2.45, 2.75) is 13.5 Å². The molecule has 0 aliphatic rings. The van der Waals surface area contributed by atoms with E-state index >= 15 is 0 Å². The summed E-state index contributed by atoms with van der Waals surface area (Å²) in [5, 5.41) is 4.16. The van der Waals surface area contributed by atoms with Gasteiger partial charge in [0.15, 0.2) is 0 Å². The minimum Gasteiger partial charge on any atom is -0.378 e. The summed E-state index contributed by atoms with van der Waals surface area (Å²) in [6.45, 7) is 2.58. The molecule has 0 aliphatic heterocycles. The number of nitrogens with one attached hydrogen (secondary N) is 1. The molecule has 1 N–H and O–H groups in total. The fourth-order valence-electron chi connectivity index (χ4n) is 1.47. The van der Waals surface area contributed by atoms with Gasteiger partial charge in [-0.15, -0.1) is 0 Å². The first-order valence-corrected chi connectivity index (χ1v) is 6.18. The Morgan fingerprint density at radius 3 is 2.94 bits per heavy atom. The van der Waals surface area contributed by atoms with Crippen LogP contribution in [0.5, 0.6) is 0 Å². The van der Waals surface area contributed by atoms with Crippen LogP contribution >= 0.6 is 23.6 Å². The number of aromatic nitrogens is 2. The second kappa shape index (κ2) is 4.86. The van der Waals surface area contributed by atoms with Crippen molar-refractivity contribution in [3.05, 3.63) is 32.7 Å². The number of rotatable bonds is 3. The van der Waals surface area contributed by atoms with Gasteiger partial charge in [0, 0.05) is 23.7 Å². The number of methoxy groups -OCH3 is 1. The molecule has 2 aromatic heterocycles. The highest BCUT2D eigenvalue weighted by molar-refractivity contribution is 7.71. The first-order valence-electron chi connectivity index (χ1n) is 4.83. The molecule has 0 bridgehead atoms. The van der Waals surface area contributed by atoms with Crippen LogP contribution in [-0.2, 0) is 11.3 Å². The quantitative estimate of drug-likeness (QED) is 0.852. The van der Waals surface area contributed by atoms with Crippen molar-refractivity contribution in [3.63, 3.8) is 0 Å². The smallest absolute Gasteiger partial charge is 0.140 e. The molecule has 3 nitrogen and oxygen atoms in total. The standard InChI is InChI=1S/C11H12N2OS2/c1-7-5-16-6-9(7)11-12-8(4-14-2)3-10(15)13-11/h3,5-6H,4H2,1-2H3,(H,12,13,15). The van der Waals surface area contributed by atoms with Crippen LogP contribution in [-0.4, -0.2) is 17.1 Å². The van der Waals surface area contributed by atoms with Gasteiger partial charge in [0.25, 0.3) is 0 Å². The van der Waals surface area contributed by atoms with Crippen molar-refractivity contribution in [2.24, 2.45) is 0 Å². The summed E-state index contributed by atoms with van der Waals surface area (Å²) in [7, 11) is 1.66. The molecule has 0 saturated carbocycles. The lowest BCUT2D eigenvalue weighted by atomic mass is 10.2. The molecule has 16 heavy (non-hydrogen) atoms. The second-order valence-corrected chi connectivity index (χ2v) is 4.66. The van der Waals surface area contributed by atoms with Gasteiger partial charge in [-0.2, -0.15) is 11.3 Å². The third-order valence-electron chi connectivity index (χ3n) is 2.21. The fourth-order valence-corrected chi connectivity index (χ4v) is 2.54. The molecule has 84 valence electrons. The van der Waals surface area contributed by atoms with Gasteiger partial charge in [-0.1, -0.05) is 12.2 Å². The van der Waals surface area contributed by atoms with Gasteiger partial charge in [-0.25, -0.2) is 4.98 Å². The predicted molar refractivity (Wildman–Crippen MR) is 68.2 cm³/mol. The van der Waals surface area contributed by atoms with Gasteiger partial charge in [0.2, 0.25) is 0 Å². The zero-order chi connectivity index (χ0) is 11.5. The van der Waals surface area contributed by atoms with Crippen LogP contribution in [0.4, 0.5) is 0 Å². The summed E-state index contributed by atoms with van der Waals surface area (Å²) in [6, 6.07) is 1.82. The molecule has 0 aromatic carbocycles. The van der Waals surface area contributed by atoms with Crippen molar-refractivity contribution in [1.82, 2.24) is 9.97 Å². The van der Waals surface area contributed by atoms with Crippen LogP contribution in [0.2, 0.25) is 0 Å². The predicted octanol–water partition coefficient (Wildman–Crippen LogP) is 3.32. The van der Waals surface area contributed by atoms with E-state index in [0.29, 0.717) is 11.2 Å². The van der Waals surface area contributed by atoms with Gasteiger partial charge in [0.05, 0.1) is 6.61 Å². The average Bonchev–Trinajstić information content (AvgIpc) is 2.64. The molecule has 0 aliphatic carbocycles. The molecule has 0 atom stereocenters. The van der Waals surface area contributed by atoms with E-state index in [1.807, 2.05) is 6.07 Å². The van der Waals surface area contributed by atoms with Gasteiger partial charge in [0.1, 0.15) is 10.5 Å². The maximum atomic E-state index is 5.14. The van der Waals surface area contributed by atoms with Gasteiger partial charge >= 0.3 is 0 Å². The van der Waals surface area contributed by atoms with E-state index in [1.54, 1.807) is 18.4 Å². The molecule has 2 aromatic rings. The molecule has 5 heteroatoms. The molecular weight excluding hydrogens is 240 g/mol. The van der Waals surface area contributed by atoms with E-state index in [4.69, 9.17) is 17.0 Å². The van der Waals surface area contributed by atoms with E-state index in [2.05, 4.69) is 27.7 Å². The molecule has 0 radical (unpaired) electrons. The lowest BCUT2D eigenvalue weighted by Gasteiger charge is -2.04. The van der Waals surface area contributed by atoms with Crippen LogP contribution < -0.4 is 0 Å². The zero-order valence-corrected chi connectivity index (χ0v) is 10.7. The van der Waals surface area contributed by atoms with Gasteiger partial charge in [-0.3, -0.25) is 0 Å². The highest BCUT2D eigenvalue weighted by Crippen LogP contribution is 2.23. The lowest BCUT2D eigenvalue weighted by molar-refractivity contribution is 0.181. The number of H-pyrrole nitrogens is 1. The first kappa shape index (κ1) is 11.4. The summed E-state index contributed by atoms with van der Waals surface area (Å²) < 4.78 is 5.67. The average molecular weight is 252 g/mol. The maximum absolute atomic E-state index is 5.14. The first-order chi connectivity index (χ1) is 7.70. The van der Waals surface area contributed by atoms with E-state index in [1.165, 1.54) is 5.56 Å². The van der Waals surface area contributed by atoms with Crippen LogP contribution in [0.25, 0.3) is 11.4 Å². The Kier molecular flexibility index (Phi) is 3.48. The minimum absolute atomic E-state index is 0.516. The van der Waals surface area contributed by atoms with E-state index in [9.17, 15) is 0 Å². The number of ether oxygens (including phenoxy) is 1. The minimum atomic E-state index is 0.516. The molecule has 2 rings (SSSR count). The Hall–Kier alpha value is -1.04. The van der Waals surface area contributed by atoms with E-state index in [-0.39, 0.29) is 0 Å². The Labute approximate surface area is 103 Å². The molecule has 0 fully saturated rings. The summed E-state index contributed by atoms with van der Waals surface area (Å²) >= 11 is 6.80. The SMILES string of the molecule is COCc1cc(=S)nc(-c2cscc2C)[nH]1. The molecular formula is C11H12N2OS2. The van der Waals surface area contributed by atoms with Crippen molar-refractivity contribution >= 4 is 23.6 Å². The number of hydrogen-bond donors (Lipinski definition) is 1. The van der Waals surface area contributed by atoms with Crippen LogP contribution in [0.3, 0.4) is 0 Å². The Morgan fingerprint density at radius 1 is 1.50 bits per heavy atom. The Bertz CT molecular complexity index is 545. The third-order valence-corrected chi connectivity index (χ3v) is 3.28. The topological polar surface area (TPSA) is 37.9 Å². The van der Waals surface area contributed by atoms with Crippen molar-refractivity contribution in [1.29, 1.82) is 0 Å². The molecule has 0 saturated heterocycles. The number of thiophene rings is 1. The Balaban J connectivity index is 2.49. The van der Waals surface area contributed by atoms with Crippen molar-refractivity contribution < 1.29 is 4.74 Å². The second-order valence-electron chi connectivity index (χ2n) is 3.49. The summed E-state index contributed by atoms with van der Waals surface area (Å²) in [6.07, 6.45) is 0. The van der Waals surface area contributed by atoms with Crippen molar-refractivity contribution in [3.8, 4) is 11.4 Å². The van der Waals surface area contributed by atoms with Gasteiger partial charge < -0.3 is 9.72 Å². The summed E-state index contributed by atoms with van der Waals surface area (Å²) in [5.74, 6) is 0.818. The fraction of sp³-hybridized carbons (Fsp3) is 0.273. The van der Waals surface area contributed by atoms with E-state index in [0.717, 1.165) is 17.1 Å². The number of aryl methyl sites for hydroxylation is 1. The third kappa shape index (κ3) is 2.37. The Morgan fingerprint density at radius 2 is 2.31 bits per heavy atom. The number of nitrogens with zero attached hydrogens (tertiary/aromatic N) is 1. The van der Waals surface area contributed by atoms with E-state index < -0.39 is 0 Å². The normalized spacial score (nSPS) is 10.6. The number of aromatic amines is 1. The van der Waals surface area contributed by atoms with Crippen LogP contribution in [0.15, 0.2) is 16.8 Å². The van der Waals surface area contributed by atoms with Gasteiger partial charge in [-0.05, 0) is 23.9 Å². The lowest BCUT2D eigenvalue weighted by Crippen LogP contribution is -1.97. The van der Waals surface area contributed by atoms with Crippen molar-refractivity contribution in [2.75, 3.05) is 7.11 Å². The summed E-state index contributed by atoms with van der Waals surface area (Å²) in [4.78, 5) is 7.56. The molecule has 0 spiro atoms.